The number of halogens is 2. The lowest BCUT2D eigenvalue weighted by atomic mass is 10.0. The van der Waals surface area contributed by atoms with Crippen LogP contribution in [0.2, 0.25) is 0 Å². The Balaban J connectivity index is 0.00000132. The number of hydrogen-bond acceptors (Lipinski definition) is 3. The maximum absolute atomic E-state index is 12.9. The fourth-order valence-electron chi connectivity index (χ4n) is 3.02. The molecule has 128 valence electrons. The number of piperidine rings is 1. The predicted octanol–water partition coefficient (Wildman–Crippen LogP) is 2.78. The van der Waals surface area contributed by atoms with E-state index in [0.29, 0.717) is 6.04 Å². The van der Waals surface area contributed by atoms with E-state index in [1.807, 2.05) is 28.9 Å². The second-order valence-electron chi connectivity index (χ2n) is 5.59. The molecule has 0 aliphatic carbocycles. The van der Waals surface area contributed by atoms with Crippen LogP contribution in [0.1, 0.15) is 36.5 Å². The lowest BCUT2D eigenvalue weighted by Gasteiger charge is -2.34. The maximum Gasteiger partial charge on any atom is 0.255 e. The molecule has 0 unspecified atom stereocenters. The van der Waals surface area contributed by atoms with Gasteiger partial charge in [-0.15, -0.1) is 24.8 Å². The normalized spacial score (nSPS) is 14.8. The van der Waals surface area contributed by atoms with Crippen LogP contribution >= 0.6 is 24.8 Å². The summed E-state index contributed by atoms with van der Waals surface area (Å²) >= 11 is 0. The highest BCUT2D eigenvalue weighted by Crippen LogP contribution is 2.17. The Morgan fingerprint density at radius 3 is 2.78 bits per heavy atom. The summed E-state index contributed by atoms with van der Waals surface area (Å²) in [6.07, 6.45) is 8.58. The summed E-state index contributed by atoms with van der Waals surface area (Å²) in [6, 6.07) is 4.14. The Kier molecular flexibility index (Phi) is 7.82. The van der Waals surface area contributed by atoms with Crippen LogP contribution in [-0.4, -0.2) is 45.9 Å². The van der Waals surface area contributed by atoms with Gasteiger partial charge >= 0.3 is 0 Å². The molecule has 23 heavy (non-hydrogen) atoms. The highest BCUT2D eigenvalue weighted by molar-refractivity contribution is 5.94. The largest absolute Gasteiger partial charge is 0.336 e. The number of nitrogens with one attached hydrogen (secondary N) is 1. The molecule has 1 amide bonds. The van der Waals surface area contributed by atoms with E-state index in [1.54, 1.807) is 6.20 Å². The van der Waals surface area contributed by atoms with Crippen LogP contribution in [0.15, 0.2) is 30.7 Å². The molecule has 0 bridgehead atoms. The number of rotatable bonds is 4. The van der Waals surface area contributed by atoms with Crippen LogP contribution in [0.3, 0.4) is 0 Å². The molecule has 0 radical (unpaired) electrons. The van der Waals surface area contributed by atoms with Crippen molar-refractivity contribution in [1.82, 2.24) is 19.6 Å². The first-order valence-corrected chi connectivity index (χ1v) is 7.74. The van der Waals surface area contributed by atoms with Crippen molar-refractivity contribution in [3.8, 4) is 0 Å². The van der Waals surface area contributed by atoms with Crippen molar-refractivity contribution in [2.24, 2.45) is 0 Å². The molecule has 1 N–H and O–H groups in total. The number of carbonyl (C=O) groups is 1. The van der Waals surface area contributed by atoms with Crippen molar-refractivity contribution < 1.29 is 4.79 Å². The van der Waals surface area contributed by atoms with Crippen molar-refractivity contribution in [2.75, 3.05) is 19.6 Å². The summed E-state index contributed by atoms with van der Waals surface area (Å²) in [5.74, 6) is 0.138. The molecule has 5 nitrogen and oxygen atoms in total. The third-order valence-corrected chi connectivity index (χ3v) is 4.11. The topological polar surface area (TPSA) is 49.6 Å². The lowest BCUT2D eigenvalue weighted by molar-refractivity contribution is 0.0642. The van der Waals surface area contributed by atoms with Gasteiger partial charge in [-0.05, 0) is 44.5 Å². The fraction of sp³-hybridized carbons (Fsp3) is 0.500. The van der Waals surface area contributed by atoms with E-state index in [-0.39, 0.29) is 30.7 Å². The molecule has 2 aromatic heterocycles. The van der Waals surface area contributed by atoms with Crippen molar-refractivity contribution in [3.05, 3.63) is 36.3 Å². The van der Waals surface area contributed by atoms with Gasteiger partial charge in [-0.3, -0.25) is 4.79 Å². The third-order valence-electron chi connectivity index (χ3n) is 4.11. The van der Waals surface area contributed by atoms with Gasteiger partial charge in [0.05, 0.1) is 5.56 Å². The maximum atomic E-state index is 12.9. The summed E-state index contributed by atoms with van der Waals surface area (Å²) in [5, 5.41) is 3.36. The Morgan fingerprint density at radius 1 is 1.35 bits per heavy atom. The molecule has 0 atom stereocenters. The standard InChI is InChI=1S/C16H22N4O.2ClH/c1-2-10-20(14-5-7-17-8-6-14)16(21)13-3-4-15-18-9-11-19(15)12-13;;/h3-4,9,11-12,14,17H,2,5-8,10H2,1H3;2*1H. The van der Waals surface area contributed by atoms with Gasteiger partial charge in [-0.1, -0.05) is 6.92 Å². The minimum Gasteiger partial charge on any atom is -0.336 e. The van der Waals surface area contributed by atoms with Crippen molar-refractivity contribution >= 4 is 36.4 Å². The van der Waals surface area contributed by atoms with Gasteiger partial charge in [0.1, 0.15) is 5.65 Å². The van der Waals surface area contributed by atoms with E-state index in [1.165, 1.54) is 0 Å². The minimum atomic E-state index is 0. The second kappa shape index (κ2) is 9.11. The zero-order valence-corrected chi connectivity index (χ0v) is 14.9. The average Bonchev–Trinajstić information content (AvgIpc) is 3.00. The first-order chi connectivity index (χ1) is 10.3. The Hall–Kier alpha value is -1.30. The van der Waals surface area contributed by atoms with Crippen LogP contribution in [0.4, 0.5) is 0 Å². The fourth-order valence-corrected chi connectivity index (χ4v) is 3.02. The van der Waals surface area contributed by atoms with E-state index >= 15 is 0 Å². The van der Waals surface area contributed by atoms with E-state index in [9.17, 15) is 4.79 Å². The van der Waals surface area contributed by atoms with Crippen molar-refractivity contribution in [1.29, 1.82) is 0 Å². The number of nitrogens with zero attached hydrogens (tertiary/aromatic N) is 3. The van der Waals surface area contributed by atoms with E-state index < -0.39 is 0 Å². The van der Waals surface area contributed by atoms with Gasteiger partial charge < -0.3 is 14.6 Å². The molecule has 0 aromatic carbocycles. The average molecular weight is 359 g/mol. The Bertz CT molecular complexity index is 625. The number of aromatic nitrogens is 2. The van der Waals surface area contributed by atoms with E-state index in [0.717, 1.165) is 50.1 Å². The van der Waals surface area contributed by atoms with Gasteiger partial charge in [0, 0.05) is 31.2 Å². The second-order valence-corrected chi connectivity index (χ2v) is 5.59. The molecule has 1 saturated heterocycles. The molecule has 2 aromatic rings. The van der Waals surface area contributed by atoms with Crippen LogP contribution < -0.4 is 5.32 Å². The number of fused-ring (bicyclic) bond motifs is 1. The predicted molar refractivity (Wildman–Crippen MR) is 96.9 cm³/mol. The van der Waals surface area contributed by atoms with Gasteiger partial charge in [0.2, 0.25) is 0 Å². The Labute approximate surface area is 149 Å². The zero-order chi connectivity index (χ0) is 14.7. The molecule has 1 aliphatic rings. The molecular weight excluding hydrogens is 335 g/mol. The molecule has 3 heterocycles. The first-order valence-electron chi connectivity index (χ1n) is 7.74. The number of pyridine rings is 1. The molecule has 3 rings (SSSR count). The van der Waals surface area contributed by atoms with Crippen LogP contribution in [0.25, 0.3) is 5.65 Å². The monoisotopic (exact) mass is 358 g/mol. The third kappa shape index (κ3) is 4.37. The van der Waals surface area contributed by atoms with Gasteiger partial charge in [-0.2, -0.15) is 0 Å². The van der Waals surface area contributed by atoms with Gasteiger partial charge in [-0.25, -0.2) is 4.98 Å². The van der Waals surface area contributed by atoms with Gasteiger partial charge in [0.25, 0.3) is 5.91 Å². The quantitative estimate of drug-likeness (QED) is 0.913. The lowest BCUT2D eigenvalue weighted by Crippen LogP contribution is -2.46. The summed E-state index contributed by atoms with van der Waals surface area (Å²) in [4.78, 5) is 19.1. The summed E-state index contributed by atoms with van der Waals surface area (Å²) < 4.78 is 1.90. The number of imidazole rings is 1. The highest BCUT2D eigenvalue weighted by Gasteiger charge is 2.25. The molecule has 0 saturated carbocycles. The van der Waals surface area contributed by atoms with Crippen molar-refractivity contribution in [3.63, 3.8) is 0 Å². The number of carbonyl (C=O) groups excluding carboxylic acids is 1. The SMILES string of the molecule is CCCN(C(=O)c1ccc2nccn2c1)C1CCNCC1.Cl.Cl. The van der Waals surface area contributed by atoms with Crippen LogP contribution in [-0.2, 0) is 0 Å². The van der Waals surface area contributed by atoms with Crippen LogP contribution in [0, 0.1) is 0 Å². The Morgan fingerprint density at radius 2 is 2.09 bits per heavy atom. The highest BCUT2D eigenvalue weighted by atomic mass is 35.5. The molecule has 1 aliphatic heterocycles. The minimum absolute atomic E-state index is 0. The summed E-state index contributed by atoms with van der Waals surface area (Å²) in [7, 11) is 0. The smallest absolute Gasteiger partial charge is 0.255 e. The molecule has 0 spiro atoms. The van der Waals surface area contributed by atoms with Crippen molar-refractivity contribution in [2.45, 2.75) is 32.2 Å². The summed E-state index contributed by atoms with van der Waals surface area (Å²) in [5.41, 5.74) is 1.61. The van der Waals surface area contributed by atoms with E-state index in [2.05, 4.69) is 22.1 Å². The van der Waals surface area contributed by atoms with Crippen LogP contribution in [0.5, 0.6) is 0 Å². The zero-order valence-electron chi connectivity index (χ0n) is 13.3. The van der Waals surface area contributed by atoms with Gasteiger partial charge in [0.15, 0.2) is 0 Å². The summed E-state index contributed by atoms with van der Waals surface area (Å²) in [6.45, 7) is 4.95. The molecule has 1 fully saturated rings. The molecular formula is C16H24Cl2N4O. The molecule has 7 heteroatoms. The van der Waals surface area contributed by atoms with E-state index in [4.69, 9.17) is 0 Å². The number of amides is 1. The number of hydrogen-bond donors (Lipinski definition) is 1. The first kappa shape index (κ1) is 19.7.